The third kappa shape index (κ3) is 5.26. The summed E-state index contributed by atoms with van der Waals surface area (Å²) in [6.07, 6.45) is 2.92. The predicted octanol–water partition coefficient (Wildman–Crippen LogP) is 5.19. The Morgan fingerprint density at radius 1 is 0.927 bits per heavy atom. The lowest BCUT2D eigenvalue weighted by molar-refractivity contribution is -0.0177. The molecular formula is C33H34FNO6. The van der Waals surface area contributed by atoms with E-state index in [2.05, 4.69) is 6.92 Å². The summed E-state index contributed by atoms with van der Waals surface area (Å²) in [7, 11) is 0. The van der Waals surface area contributed by atoms with Crippen LogP contribution in [-0.4, -0.2) is 67.0 Å². The molecule has 7 nitrogen and oxygen atoms in total. The second-order valence-corrected chi connectivity index (χ2v) is 11.2. The fraction of sp³-hybridized carbons (Fsp3) is 0.424. The highest BCUT2D eigenvalue weighted by molar-refractivity contribution is 5.70. The zero-order valence-electron chi connectivity index (χ0n) is 23.0. The van der Waals surface area contributed by atoms with Crippen molar-refractivity contribution < 1.29 is 33.2 Å². The van der Waals surface area contributed by atoms with Gasteiger partial charge in [-0.25, -0.2) is 9.37 Å². The zero-order valence-corrected chi connectivity index (χ0v) is 23.0. The maximum atomic E-state index is 15.3. The van der Waals surface area contributed by atoms with Crippen LogP contribution in [0, 0.1) is 11.7 Å². The Kier molecular flexibility index (Phi) is 7.25. The molecule has 0 bridgehead atoms. The van der Waals surface area contributed by atoms with Crippen LogP contribution in [-0.2, 0) is 25.4 Å². The minimum absolute atomic E-state index is 0.113. The van der Waals surface area contributed by atoms with Crippen molar-refractivity contribution in [2.45, 2.75) is 56.7 Å². The fourth-order valence-corrected chi connectivity index (χ4v) is 6.19. The van der Waals surface area contributed by atoms with E-state index in [4.69, 9.17) is 28.7 Å². The summed E-state index contributed by atoms with van der Waals surface area (Å²) in [5, 5.41) is 10.1. The zero-order chi connectivity index (χ0) is 27.9. The van der Waals surface area contributed by atoms with E-state index in [1.54, 1.807) is 6.07 Å². The average Bonchev–Trinajstić information content (AvgIpc) is 3.74. The highest BCUT2D eigenvalue weighted by atomic mass is 19.1. The number of allylic oxidation sites excluding steroid dienone is 1. The van der Waals surface area contributed by atoms with Gasteiger partial charge in [0.1, 0.15) is 47.4 Å². The first-order chi connectivity index (χ1) is 20.1. The molecule has 0 radical (unpaired) electrons. The third-order valence-electron chi connectivity index (χ3n) is 8.53. The van der Waals surface area contributed by atoms with E-state index in [1.807, 2.05) is 54.6 Å². The Morgan fingerprint density at radius 2 is 1.66 bits per heavy atom. The predicted molar refractivity (Wildman–Crippen MR) is 151 cm³/mol. The molecule has 3 aromatic rings. The molecule has 4 aliphatic rings. The molecule has 1 aliphatic carbocycles. The van der Waals surface area contributed by atoms with Crippen LogP contribution < -0.4 is 4.74 Å². The minimum Gasteiger partial charge on any atom is -0.489 e. The van der Waals surface area contributed by atoms with Gasteiger partial charge in [0, 0.05) is 24.0 Å². The van der Waals surface area contributed by atoms with Gasteiger partial charge in [-0.2, -0.15) is 0 Å². The van der Waals surface area contributed by atoms with Gasteiger partial charge in [0.05, 0.1) is 32.1 Å². The van der Waals surface area contributed by atoms with Crippen LogP contribution in [0.25, 0.3) is 28.5 Å². The third-order valence-corrected chi connectivity index (χ3v) is 8.53. The van der Waals surface area contributed by atoms with E-state index in [-0.39, 0.29) is 42.8 Å². The molecule has 2 unspecified atom stereocenters. The number of hydrogen-bond donors (Lipinski definition) is 1. The molecule has 3 aliphatic heterocycles. The van der Waals surface area contributed by atoms with Gasteiger partial charge in [-0.1, -0.05) is 43.3 Å². The van der Waals surface area contributed by atoms with Gasteiger partial charge in [0.2, 0.25) is 0 Å². The first kappa shape index (κ1) is 26.6. The standard InChI is InChI=1S/C33H34FNO6/c1-2-19-13-23-14-26(34)31(35-27(23)15-29(19)41-30-18-39-32-28(36)17-38-33(30)32)22-5-3-20(4-6-22)21-7-9-24(10-8-21)40-25-11-12-37-16-25/h3-10,14-15,19,25,28,30,32-33,36H,2,11-13,16-18H2,1H3/t19?,25?,28-,30-,32-,33-/m1/s1. The van der Waals surface area contributed by atoms with Gasteiger partial charge < -0.3 is 28.8 Å². The summed E-state index contributed by atoms with van der Waals surface area (Å²) in [6.45, 7) is 4.11. The highest BCUT2D eigenvalue weighted by Crippen LogP contribution is 2.37. The number of rotatable bonds is 7. The number of hydrogen-bond acceptors (Lipinski definition) is 7. The number of aliphatic hydroxyl groups is 1. The molecule has 214 valence electrons. The Hall–Kier alpha value is -3.30. The topological polar surface area (TPSA) is 79.3 Å². The molecule has 3 fully saturated rings. The van der Waals surface area contributed by atoms with E-state index in [0.717, 1.165) is 53.3 Å². The molecule has 0 spiro atoms. The van der Waals surface area contributed by atoms with Crippen LogP contribution in [0.1, 0.15) is 31.0 Å². The van der Waals surface area contributed by atoms with Crippen molar-refractivity contribution in [1.29, 1.82) is 0 Å². The number of nitrogens with zero attached hydrogens (tertiary/aromatic N) is 1. The van der Waals surface area contributed by atoms with Gasteiger partial charge in [-0.3, -0.25) is 0 Å². The Labute approximate surface area is 238 Å². The summed E-state index contributed by atoms with van der Waals surface area (Å²) < 4.78 is 44.6. The SMILES string of the molecule is CCC1Cc2cc(F)c(-c3ccc(-c4ccc(OC5CCOC5)cc4)cc3)nc2C=C1O[C@@H]1CO[C@H]2[C@@H]1OC[C@H]2O. The lowest BCUT2D eigenvalue weighted by Gasteiger charge is -2.28. The fourth-order valence-electron chi connectivity index (χ4n) is 6.19. The van der Waals surface area contributed by atoms with E-state index < -0.39 is 6.10 Å². The largest absolute Gasteiger partial charge is 0.489 e. The quantitative estimate of drug-likeness (QED) is 0.427. The minimum atomic E-state index is -0.624. The van der Waals surface area contributed by atoms with E-state index in [1.165, 1.54) is 0 Å². The molecule has 3 saturated heterocycles. The number of fused-ring (bicyclic) bond motifs is 2. The Bertz CT molecular complexity index is 1420. The van der Waals surface area contributed by atoms with Gasteiger partial charge in [-0.05, 0) is 47.7 Å². The van der Waals surface area contributed by atoms with Crippen LogP contribution in [0.4, 0.5) is 4.39 Å². The van der Waals surface area contributed by atoms with Gasteiger partial charge in [-0.15, -0.1) is 0 Å². The van der Waals surface area contributed by atoms with Crippen molar-refractivity contribution in [3.05, 3.63) is 77.4 Å². The molecule has 6 atom stereocenters. The second kappa shape index (κ2) is 11.2. The molecule has 1 aromatic heterocycles. The monoisotopic (exact) mass is 559 g/mol. The maximum Gasteiger partial charge on any atom is 0.150 e. The van der Waals surface area contributed by atoms with Crippen molar-refractivity contribution in [2.75, 3.05) is 26.4 Å². The number of benzene rings is 2. The number of pyridine rings is 1. The van der Waals surface area contributed by atoms with E-state index in [9.17, 15) is 5.11 Å². The van der Waals surface area contributed by atoms with Crippen LogP contribution in [0.2, 0.25) is 0 Å². The van der Waals surface area contributed by atoms with Gasteiger partial charge >= 0.3 is 0 Å². The van der Waals surface area contributed by atoms with E-state index in [0.29, 0.717) is 30.9 Å². The molecule has 2 aromatic carbocycles. The summed E-state index contributed by atoms with van der Waals surface area (Å²) in [4.78, 5) is 4.76. The molecule has 4 heterocycles. The lowest BCUT2D eigenvalue weighted by atomic mass is 9.88. The highest BCUT2D eigenvalue weighted by Gasteiger charge is 2.49. The summed E-state index contributed by atoms with van der Waals surface area (Å²) in [5.74, 6) is 1.42. The first-order valence-corrected chi connectivity index (χ1v) is 14.5. The summed E-state index contributed by atoms with van der Waals surface area (Å²) in [6, 6.07) is 17.4. The number of aromatic nitrogens is 1. The molecule has 0 saturated carbocycles. The van der Waals surface area contributed by atoms with Crippen LogP contribution in [0.3, 0.4) is 0 Å². The second-order valence-electron chi connectivity index (χ2n) is 11.2. The average molecular weight is 560 g/mol. The number of aliphatic hydroxyl groups excluding tert-OH is 1. The van der Waals surface area contributed by atoms with Crippen molar-refractivity contribution in [1.82, 2.24) is 4.98 Å². The molecule has 41 heavy (non-hydrogen) atoms. The van der Waals surface area contributed by atoms with Crippen molar-refractivity contribution in [3.63, 3.8) is 0 Å². The number of ether oxygens (including phenoxy) is 5. The maximum absolute atomic E-state index is 15.3. The molecule has 7 rings (SSSR count). The summed E-state index contributed by atoms with van der Waals surface area (Å²) in [5.41, 5.74) is 4.70. The lowest BCUT2D eigenvalue weighted by Crippen LogP contribution is -2.33. The Balaban J connectivity index is 1.10. The van der Waals surface area contributed by atoms with Crippen molar-refractivity contribution in [3.8, 4) is 28.1 Å². The normalized spacial score (nSPS) is 28.7. The number of halogens is 1. The van der Waals surface area contributed by atoms with E-state index >= 15 is 4.39 Å². The van der Waals surface area contributed by atoms with Crippen LogP contribution in [0.15, 0.2) is 60.4 Å². The molecule has 0 amide bonds. The molecule has 8 heteroatoms. The molecular weight excluding hydrogens is 525 g/mol. The van der Waals surface area contributed by atoms with Crippen LogP contribution in [0.5, 0.6) is 5.75 Å². The van der Waals surface area contributed by atoms with Gasteiger partial charge in [0.25, 0.3) is 0 Å². The van der Waals surface area contributed by atoms with Crippen LogP contribution >= 0.6 is 0 Å². The molecule has 1 N–H and O–H groups in total. The Morgan fingerprint density at radius 3 is 2.39 bits per heavy atom. The van der Waals surface area contributed by atoms with Crippen molar-refractivity contribution in [2.24, 2.45) is 5.92 Å². The van der Waals surface area contributed by atoms with Crippen molar-refractivity contribution >= 4 is 6.08 Å². The first-order valence-electron chi connectivity index (χ1n) is 14.5. The van der Waals surface area contributed by atoms with Gasteiger partial charge in [0.15, 0.2) is 6.10 Å². The smallest absolute Gasteiger partial charge is 0.150 e. The summed E-state index contributed by atoms with van der Waals surface area (Å²) >= 11 is 0.